The first-order valence-corrected chi connectivity index (χ1v) is 11.7. The second kappa shape index (κ2) is 13.3. The molecule has 0 bridgehead atoms. The Balaban J connectivity index is 0.00000385. The lowest BCUT2D eigenvalue weighted by Gasteiger charge is -2.34. The molecule has 1 aliphatic rings. The number of nitrogens with zero attached hydrogens (tertiary/aromatic N) is 3. The maximum atomic E-state index is 10.8. The molecule has 33 heavy (non-hydrogen) atoms. The first-order chi connectivity index (χ1) is 15.4. The van der Waals surface area contributed by atoms with Crippen molar-refractivity contribution in [1.82, 2.24) is 20.4 Å². The van der Waals surface area contributed by atoms with E-state index in [4.69, 9.17) is 9.41 Å². The Hall–Kier alpha value is -1.62. The summed E-state index contributed by atoms with van der Waals surface area (Å²) in [5.41, 5.74) is 1.44. The van der Waals surface area contributed by atoms with Crippen molar-refractivity contribution in [3.05, 3.63) is 59.0 Å². The van der Waals surface area contributed by atoms with Gasteiger partial charge in [0.15, 0.2) is 5.96 Å². The fourth-order valence-electron chi connectivity index (χ4n) is 3.94. The van der Waals surface area contributed by atoms with Crippen LogP contribution < -0.4 is 10.6 Å². The summed E-state index contributed by atoms with van der Waals surface area (Å²) in [7, 11) is 0. The van der Waals surface area contributed by atoms with Crippen molar-refractivity contribution < 1.29 is 9.52 Å². The van der Waals surface area contributed by atoms with Gasteiger partial charge in [0.05, 0.1) is 13.1 Å². The SMILES string of the molecule is CCNC(=NCc1ccccc1CN1CCN(CC)CC1)NCC(C)(O)c1ccc(C)o1.I. The number of aliphatic hydroxyl groups is 1. The maximum absolute atomic E-state index is 10.8. The number of furan rings is 1. The summed E-state index contributed by atoms with van der Waals surface area (Å²) >= 11 is 0. The topological polar surface area (TPSA) is 76.3 Å². The summed E-state index contributed by atoms with van der Waals surface area (Å²) in [4.78, 5) is 9.82. The first kappa shape index (κ1) is 27.6. The van der Waals surface area contributed by atoms with Crippen molar-refractivity contribution in [3.63, 3.8) is 0 Å². The van der Waals surface area contributed by atoms with Gasteiger partial charge in [-0.3, -0.25) is 4.90 Å². The zero-order valence-corrected chi connectivity index (χ0v) is 22.8. The van der Waals surface area contributed by atoms with Gasteiger partial charge in [0.25, 0.3) is 0 Å². The predicted octanol–water partition coefficient (Wildman–Crippen LogP) is 3.31. The molecule has 2 aromatic rings. The number of nitrogens with one attached hydrogen (secondary N) is 2. The predicted molar refractivity (Wildman–Crippen MR) is 145 cm³/mol. The summed E-state index contributed by atoms with van der Waals surface area (Å²) in [6.45, 7) is 16.1. The fourth-order valence-corrected chi connectivity index (χ4v) is 3.94. The maximum Gasteiger partial charge on any atom is 0.191 e. The molecule has 1 unspecified atom stereocenters. The van der Waals surface area contributed by atoms with Gasteiger partial charge < -0.3 is 25.1 Å². The Labute approximate surface area is 215 Å². The van der Waals surface area contributed by atoms with Crippen LogP contribution in [0.1, 0.15) is 43.4 Å². The molecule has 0 saturated carbocycles. The Morgan fingerprint density at radius 3 is 2.30 bits per heavy atom. The molecule has 184 valence electrons. The molecule has 1 atom stereocenters. The molecule has 0 amide bonds. The number of hydrogen-bond donors (Lipinski definition) is 3. The average molecular weight is 570 g/mol. The number of piperazine rings is 1. The normalized spacial score (nSPS) is 17.3. The van der Waals surface area contributed by atoms with Gasteiger partial charge in [0.1, 0.15) is 17.1 Å². The van der Waals surface area contributed by atoms with Crippen molar-refractivity contribution >= 4 is 29.9 Å². The molecule has 7 nitrogen and oxygen atoms in total. The van der Waals surface area contributed by atoms with E-state index in [0.29, 0.717) is 24.8 Å². The summed E-state index contributed by atoms with van der Waals surface area (Å²) in [5.74, 6) is 2.02. The fraction of sp³-hybridized carbons (Fsp3) is 0.560. The number of halogens is 1. The number of aliphatic imine (C=N–C) groups is 1. The number of rotatable bonds is 9. The van der Waals surface area contributed by atoms with Crippen LogP contribution in [0.25, 0.3) is 0 Å². The van der Waals surface area contributed by atoms with Crippen LogP contribution in [0, 0.1) is 6.92 Å². The quantitative estimate of drug-likeness (QED) is 0.245. The molecule has 1 aromatic heterocycles. The Kier molecular flexibility index (Phi) is 11.1. The number of guanidine groups is 1. The highest BCUT2D eigenvalue weighted by molar-refractivity contribution is 14.0. The molecule has 1 fully saturated rings. The van der Waals surface area contributed by atoms with E-state index in [1.807, 2.05) is 26.0 Å². The van der Waals surface area contributed by atoms with Crippen LogP contribution in [-0.4, -0.2) is 66.7 Å². The van der Waals surface area contributed by atoms with Gasteiger partial charge in [0.2, 0.25) is 0 Å². The number of benzene rings is 1. The zero-order valence-electron chi connectivity index (χ0n) is 20.4. The highest BCUT2D eigenvalue weighted by atomic mass is 127. The Bertz CT molecular complexity index is 875. The van der Waals surface area contributed by atoms with Gasteiger partial charge in [-0.1, -0.05) is 31.2 Å². The van der Waals surface area contributed by atoms with Gasteiger partial charge in [-0.05, 0) is 50.6 Å². The van der Waals surface area contributed by atoms with E-state index < -0.39 is 5.60 Å². The molecule has 1 aliphatic heterocycles. The first-order valence-electron chi connectivity index (χ1n) is 11.7. The lowest BCUT2D eigenvalue weighted by Crippen LogP contribution is -2.45. The zero-order chi connectivity index (χ0) is 23.0. The minimum absolute atomic E-state index is 0. The van der Waals surface area contributed by atoms with Gasteiger partial charge in [0, 0.05) is 39.3 Å². The van der Waals surface area contributed by atoms with E-state index in [0.717, 1.165) is 51.6 Å². The lowest BCUT2D eigenvalue weighted by atomic mass is 10.0. The van der Waals surface area contributed by atoms with Gasteiger partial charge >= 0.3 is 0 Å². The Morgan fingerprint density at radius 1 is 1.03 bits per heavy atom. The van der Waals surface area contributed by atoms with Crippen LogP contribution in [0.2, 0.25) is 0 Å². The van der Waals surface area contributed by atoms with Crippen molar-refractivity contribution in [1.29, 1.82) is 0 Å². The summed E-state index contributed by atoms with van der Waals surface area (Å²) in [6, 6.07) is 12.2. The third-order valence-corrected chi connectivity index (χ3v) is 6.05. The molecule has 0 aliphatic carbocycles. The standard InChI is InChI=1S/C25H39N5O2.HI/c1-5-26-24(28-19-25(4,31)23-12-11-20(3)32-23)27-17-21-9-7-8-10-22(21)18-30-15-13-29(6-2)14-16-30;/h7-12,31H,5-6,13-19H2,1-4H3,(H2,26,27,28);1H. The summed E-state index contributed by atoms with van der Waals surface area (Å²) < 4.78 is 5.61. The molecule has 1 saturated heterocycles. The third kappa shape index (κ3) is 8.27. The van der Waals surface area contributed by atoms with Crippen molar-refractivity contribution in [2.75, 3.05) is 45.8 Å². The van der Waals surface area contributed by atoms with Crippen molar-refractivity contribution in [2.24, 2.45) is 4.99 Å². The minimum atomic E-state index is -1.12. The molecule has 2 heterocycles. The minimum Gasteiger partial charge on any atom is -0.463 e. The van der Waals surface area contributed by atoms with Crippen LogP contribution in [0.4, 0.5) is 0 Å². The average Bonchev–Trinajstić information content (AvgIpc) is 3.24. The van der Waals surface area contributed by atoms with E-state index in [1.54, 1.807) is 6.92 Å². The number of aryl methyl sites for hydroxylation is 1. The van der Waals surface area contributed by atoms with Crippen LogP contribution in [0.3, 0.4) is 0 Å². The second-order valence-corrected chi connectivity index (χ2v) is 8.71. The Morgan fingerprint density at radius 2 is 1.70 bits per heavy atom. The van der Waals surface area contributed by atoms with Gasteiger partial charge in [-0.15, -0.1) is 24.0 Å². The smallest absolute Gasteiger partial charge is 0.191 e. The molecule has 0 radical (unpaired) electrons. The van der Waals surface area contributed by atoms with Crippen molar-refractivity contribution in [2.45, 2.75) is 46.4 Å². The second-order valence-electron chi connectivity index (χ2n) is 8.71. The number of likely N-dealkylation sites (N-methyl/N-ethyl adjacent to an activating group) is 1. The molecule has 0 spiro atoms. The number of hydrogen-bond acceptors (Lipinski definition) is 5. The third-order valence-electron chi connectivity index (χ3n) is 6.05. The molecular weight excluding hydrogens is 529 g/mol. The molecule has 8 heteroatoms. The highest BCUT2D eigenvalue weighted by Gasteiger charge is 2.27. The van der Waals surface area contributed by atoms with Crippen LogP contribution in [0.5, 0.6) is 0 Å². The van der Waals surface area contributed by atoms with Crippen molar-refractivity contribution in [3.8, 4) is 0 Å². The molecule has 1 aromatic carbocycles. The molecule has 3 N–H and O–H groups in total. The van der Waals surface area contributed by atoms with Crippen LogP contribution >= 0.6 is 24.0 Å². The molecular formula is C25H40IN5O2. The lowest BCUT2D eigenvalue weighted by molar-refractivity contribution is 0.0378. The van der Waals surface area contributed by atoms with Gasteiger partial charge in [-0.25, -0.2) is 4.99 Å². The summed E-state index contributed by atoms with van der Waals surface area (Å²) in [5, 5.41) is 17.4. The van der Waals surface area contributed by atoms with Crippen LogP contribution in [0.15, 0.2) is 45.8 Å². The van der Waals surface area contributed by atoms with E-state index in [1.165, 1.54) is 11.1 Å². The monoisotopic (exact) mass is 569 g/mol. The highest BCUT2D eigenvalue weighted by Crippen LogP contribution is 2.22. The van der Waals surface area contributed by atoms with E-state index in [2.05, 4.69) is 51.6 Å². The summed E-state index contributed by atoms with van der Waals surface area (Å²) in [6.07, 6.45) is 0. The largest absolute Gasteiger partial charge is 0.463 e. The van der Waals surface area contributed by atoms with Gasteiger partial charge in [-0.2, -0.15) is 0 Å². The van der Waals surface area contributed by atoms with E-state index in [-0.39, 0.29) is 24.0 Å². The molecule has 3 rings (SSSR count). The van der Waals surface area contributed by atoms with E-state index in [9.17, 15) is 5.11 Å². The van der Waals surface area contributed by atoms with E-state index >= 15 is 0 Å². The van der Waals surface area contributed by atoms with Crippen LogP contribution in [-0.2, 0) is 18.7 Å².